The maximum absolute atomic E-state index is 13.4. The molecule has 1 unspecified atom stereocenters. The van der Waals surface area contributed by atoms with Crippen LogP contribution in [0.1, 0.15) is 5.56 Å². The summed E-state index contributed by atoms with van der Waals surface area (Å²) in [6.07, 6.45) is -0.705. The van der Waals surface area contributed by atoms with E-state index in [2.05, 4.69) is 5.32 Å². The van der Waals surface area contributed by atoms with E-state index in [4.69, 9.17) is 16.3 Å². The van der Waals surface area contributed by atoms with Gasteiger partial charge in [-0.1, -0.05) is 17.7 Å². The Bertz CT molecular complexity index is 589. The average Bonchev–Trinajstić information content (AvgIpc) is 2.48. The number of anilines is 1. The Morgan fingerprint density at radius 2 is 1.95 bits per heavy atom. The minimum absolute atomic E-state index is 0.142. The van der Waals surface area contributed by atoms with Gasteiger partial charge in [0, 0.05) is 22.8 Å². The highest BCUT2D eigenvalue weighted by molar-refractivity contribution is 6.30. The predicted molar refractivity (Wildman–Crippen MR) is 82.6 cm³/mol. The fraction of sp³-hybridized carbons (Fsp3) is 0.250. The van der Waals surface area contributed by atoms with Gasteiger partial charge >= 0.3 is 0 Å². The first-order valence-electron chi connectivity index (χ1n) is 6.61. The van der Waals surface area contributed by atoms with Crippen molar-refractivity contribution in [2.75, 3.05) is 18.5 Å². The molecule has 0 saturated carbocycles. The number of nitrogens with one attached hydrogen (secondary N) is 1. The summed E-state index contributed by atoms with van der Waals surface area (Å²) in [5, 5.41) is 13.5. The molecule has 3 nitrogen and oxygen atoms in total. The summed E-state index contributed by atoms with van der Waals surface area (Å²) in [7, 11) is 0. The largest absolute Gasteiger partial charge is 0.491 e. The van der Waals surface area contributed by atoms with Gasteiger partial charge in [-0.25, -0.2) is 4.39 Å². The highest BCUT2D eigenvalue weighted by Crippen LogP contribution is 2.18. The molecule has 2 aromatic rings. The van der Waals surface area contributed by atoms with Gasteiger partial charge in [0.2, 0.25) is 0 Å². The van der Waals surface area contributed by atoms with Crippen LogP contribution >= 0.6 is 11.6 Å². The predicted octanol–water partition coefficient (Wildman–Crippen LogP) is 3.64. The second-order valence-electron chi connectivity index (χ2n) is 4.71. The first kappa shape index (κ1) is 15.6. The fourth-order valence-electron chi connectivity index (χ4n) is 1.81. The van der Waals surface area contributed by atoms with Crippen LogP contribution in [0.15, 0.2) is 42.5 Å². The van der Waals surface area contributed by atoms with Crippen LogP contribution in [0.3, 0.4) is 0 Å². The van der Waals surface area contributed by atoms with Crippen LogP contribution in [0.25, 0.3) is 0 Å². The number of benzene rings is 2. The molecule has 2 rings (SSSR count). The number of rotatable bonds is 6. The van der Waals surface area contributed by atoms with Crippen molar-refractivity contribution in [3.8, 4) is 5.75 Å². The Morgan fingerprint density at radius 1 is 1.24 bits per heavy atom. The molecule has 0 amide bonds. The summed E-state index contributed by atoms with van der Waals surface area (Å²) in [6.45, 7) is 2.11. The van der Waals surface area contributed by atoms with Crippen molar-refractivity contribution in [3.05, 3.63) is 58.9 Å². The zero-order chi connectivity index (χ0) is 15.2. The molecule has 0 aliphatic rings. The molecule has 0 radical (unpaired) electrons. The Labute approximate surface area is 128 Å². The van der Waals surface area contributed by atoms with E-state index in [9.17, 15) is 9.50 Å². The van der Waals surface area contributed by atoms with Gasteiger partial charge in [0.05, 0.1) is 0 Å². The number of halogens is 2. The topological polar surface area (TPSA) is 41.5 Å². The summed E-state index contributed by atoms with van der Waals surface area (Å²) >= 11 is 5.77. The maximum Gasteiger partial charge on any atom is 0.128 e. The Kier molecular flexibility index (Phi) is 5.42. The van der Waals surface area contributed by atoms with Crippen LogP contribution in [0.5, 0.6) is 5.75 Å². The highest BCUT2D eigenvalue weighted by Gasteiger charge is 2.08. The number of ether oxygens (including phenoxy) is 1. The molecule has 0 spiro atoms. The van der Waals surface area contributed by atoms with Crippen LogP contribution in [-0.4, -0.2) is 24.4 Å². The third kappa shape index (κ3) is 4.62. The van der Waals surface area contributed by atoms with Crippen LogP contribution in [0.2, 0.25) is 5.02 Å². The van der Waals surface area contributed by atoms with Gasteiger partial charge in [0.25, 0.3) is 0 Å². The zero-order valence-corrected chi connectivity index (χ0v) is 12.4. The zero-order valence-electron chi connectivity index (χ0n) is 11.6. The lowest BCUT2D eigenvalue weighted by Gasteiger charge is -2.15. The molecule has 2 N–H and O–H groups in total. The highest BCUT2D eigenvalue weighted by atomic mass is 35.5. The van der Waals surface area contributed by atoms with Crippen LogP contribution < -0.4 is 10.1 Å². The van der Waals surface area contributed by atoms with E-state index in [0.717, 1.165) is 0 Å². The summed E-state index contributed by atoms with van der Waals surface area (Å²) < 4.78 is 18.8. The summed E-state index contributed by atoms with van der Waals surface area (Å²) in [6, 6.07) is 11.7. The quantitative estimate of drug-likeness (QED) is 0.856. The van der Waals surface area contributed by atoms with Crippen molar-refractivity contribution in [2.24, 2.45) is 0 Å². The number of aliphatic hydroxyl groups excluding tert-OH is 1. The van der Waals surface area contributed by atoms with Crippen LogP contribution in [0, 0.1) is 12.7 Å². The standard InChI is InChI=1S/C16H17ClFNO2/c1-11-15(18)3-2-4-16(11)19-9-13(20)10-21-14-7-5-12(17)6-8-14/h2-8,13,19-20H,9-10H2,1H3. The lowest BCUT2D eigenvalue weighted by Crippen LogP contribution is -2.26. The monoisotopic (exact) mass is 309 g/mol. The number of hydrogen-bond donors (Lipinski definition) is 2. The maximum atomic E-state index is 13.4. The molecular weight excluding hydrogens is 293 g/mol. The van der Waals surface area contributed by atoms with Gasteiger partial charge in [-0.15, -0.1) is 0 Å². The van der Waals surface area contributed by atoms with Crippen molar-refractivity contribution in [3.63, 3.8) is 0 Å². The Morgan fingerprint density at radius 3 is 2.67 bits per heavy atom. The van der Waals surface area contributed by atoms with Crippen LogP contribution in [0.4, 0.5) is 10.1 Å². The molecule has 0 fully saturated rings. The first-order valence-corrected chi connectivity index (χ1v) is 6.99. The number of hydrogen-bond acceptors (Lipinski definition) is 3. The van der Waals surface area contributed by atoms with E-state index in [0.29, 0.717) is 22.0 Å². The van der Waals surface area contributed by atoms with Gasteiger partial charge in [0.1, 0.15) is 24.3 Å². The molecule has 2 aromatic carbocycles. The SMILES string of the molecule is Cc1c(F)cccc1NCC(O)COc1ccc(Cl)cc1. The van der Waals surface area contributed by atoms with Crippen molar-refractivity contribution >= 4 is 17.3 Å². The van der Waals surface area contributed by atoms with Crippen LogP contribution in [-0.2, 0) is 0 Å². The van der Waals surface area contributed by atoms with Gasteiger partial charge in [-0.05, 0) is 43.3 Å². The Balaban J connectivity index is 1.80. The van der Waals surface area contributed by atoms with E-state index in [-0.39, 0.29) is 19.0 Å². The minimum atomic E-state index is -0.705. The van der Waals surface area contributed by atoms with Gasteiger partial charge in [-0.3, -0.25) is 0 Å². The second-order valence-corrected chi connectivity index (χ2v) is 5.15. The lowest BCUT2D eigenvalue weighted by molar-refractivity contribution is 0.117. The van der Waals surface area contributed by atoms with E-state index < -0.39 is 6.10 Å². The second kappa shape index (κ2) is 7.29. The molecule has 0 saturated heterocycles. The molecule has 21 heavy (non-hydrogen) atoms. The Hall–Kier alpha value is -1.78. The molecule has 5 heteroatoms. The smallest absolute Gasteiger partial charge is 0.128 e. The minimum Gasteiger partial charge on any atom is -0.491 e. The van der Waals surface area contributed by atoms with Crippen molar-refractivity contribution in [2.45, 2.75) is 13.0 Å². The van der Waals surface area contributed by atoms with E-state index in [1.54, 1.807) is 43.3 Å². The van der Waals surface area contributed by atoms with E-state index in [1.807, 2.05) is 0 Å². The van der Waals surface area contributed by atoms with E-state index >= 15 is 0 Å². The van der Waals surface area contributed by atoms with Crippen molar-refractivity contribution in [1.29, 1.82) is 0 Å². The summed E-state index contributed by atoms with van der Waals surface area (Å²) in [5.74, 6) is 0.368. The third-order valence-corrected chi connectivity index (χ3v) is 3.30. The van der Waals surface area contributed by atoms with Gasteiger partial charge in [-0.2, -0.15) is 0 Å². The molecule has 0 heterocycles. The average molecular weight is 310 g/mol. The first-order chi connectivity index (χ1) is 10.1. The molecular formula is C16H17ClFNO2. The molecule has 1 atom stereocenters. The van der Waals surface area contributed by atoms with Gasteiger partial charge in [0.15, 0.2) is 0 Å². The molecule has 112 valence electrons. The molecule has 0 aliphatic carbocycles. The summed E-state index contributed by atoms with van der Waals surface area (Å²) in [4.78, 5) is 0. The van der Waals surface area contributed by atoms with E-state index in [1.165, 1.54) is 6.07 Å². The van der Waals surface area contributed by atoms with Crippen molar-refractivity contribution < 1.29 is 14.2 Å². The molecule has 0 aromatic heterocycles. The lowest BCUT2D eigenvalue weighted by atomic mass is 10.2. The van der Waals surface area contributed by atoms with Crippen molar-refractivity contribution in [1.82, 2.24) is 0 Å². The summed E-state index contributed by atoms with van der Waals surface area (Å²) in [5.41, 5.74) is 1.20. The number of aliphatic hydroxyl groups is 1. The normalized spacial score (nSPS) is 12.0. The van der Waals surface area contributed by atoms with Gasteiger partial charge < -0.3 is 15.2 Å². The third-order valence-electron chi connectivity index (χ3n) is 3.05. The molecule has 0 aliphatic heterocycles. The fourth-order valence-corrected chi connectivity index (χ4v) is 1.93. The molecule has 0 bridgehead atoms.